The molecule has 2 aromatic rings. The lowest BCUT2D eigenvalue weighted by Crippen LogP contribution is -2.28. The van der Waals surface area contributed by atoms with E-state index in [4.69, 9.17) is 5.73 Å². The molecule has 0 aliphatic heterocycles. The molecule has 0 saturated carbocycles. The maximum absolute atomic E-state index is 12.5. The van der Waals surface area contributed by atoms with Gasteiger partial charge in [0.05, 0.1) is 0 Å². The molecular weight excluding hydrogens is 217 g/mol. The van der Waals surface area contributed by atoms with Gasteiger partial charge in [0.15, 0.2) is 0 Å². The van der Waals surface area contributed by atoms with Gasteiger partial charge >= 0.3 is 6.18 Å². The highest BCUT2D eigenvalue weighted by molar-refractivity contribution is 5.85. The van der Waals surface area contributed by atoms with E-state index in [1.54, 1.807) is 12.1 Å². The van der Waals surface area contributed by atoms with Crippen LogP contribution >= 0.6 is 0 Å². The molecule has 16 heavy (non-hydrogen) atoms. The third kappa shape index (κ3) is 1.86. The predicted molar refractivity (Wildman–Crippen MR) is 54.7 cm³/mol. The molecule has 84 valence electrons. The van der Waals surface area contributed by atoms with E-state index < -0.39 is 12.2 Å². The molecule has 2 rings (SSSR count). The zero-order chi connectivity index (χ0) is 11.8. The number of nitrogens with two attached hydrogens (primary N) is 1. The summed E-state index contributed by atoms with van der Waals surface area (Å²) in [4.78, 5) is 3.85. The summed E-state index contributed by atoms with van der Waals surface area (Å²) in [6.07, 6.45) is -1.46. The summed E-state index contributed by atoms with van der Waals surface area (Å²) in [5.41, 5.74) is 5.27. The summed E-state index contributed by atoms with van der Waals surface area (Å²) in [6.45, 7) is 0. The maximum Gasteiger partial charge on any atom is 0.407 e. The Balaban J connectivity index is 2.61. The van der Waals surface area contributed by atoms with Gasteiger partial charge < -0.3 is 5.73 Å². The first-order chi connectivity index (χ1) is 7.50. The van der Waals surface area contributed by atoms with Crippen LogP contribution in [0.3, 0.4) is 0 Å². The summed E-state index contributed by atoms with van der Waals surface area (Å²) in [7, 11) is 0. The molecule has 0 fully saturated rings. The fraction of sp³-hybridized carbons (Fsp3) is 0.182. The third-order valence-electron chi connectivity index (χ3n) is 2.40. The molecule has 2 nitrogen and oxygen atoms in total. The topological polar surface area (TPSA) is 38.9 Å². The van der Waals surface area contributed by atoms with Crippen LogP contribution in [0.5, 0.6) is 0 Å². The normalized spacial score (nSPS) is 14.0. The second-order valence-corrected chi connectivity index (χ2v) is 3.46. The molecule has 0 spiro atoms. The van der Waals surface area contributed by atoms with Crippen LogP contribution in [-0.4, -0.2) is 11.2 Å². The number of nitrogens with zero attached hydrogens (tertiary/aromatic N) is 1. The number of hydrogen-bond acceptors (Lipinski definition) is 2. The van der Waals surface area contributed by atoms with E-state index in [9.17, 15) is 13.2 Å². The first-order valence-electron chi connectivity index (χ1n) is 4.65. The van der Waals surface area contributed by atoms with E-state index in [1.165, 1.54) is 24.5 Å². The van der Waals surface area contributed by atoms with E-state index in [1.807, 2.05) is 0 Å². The van der Waals surface area contributed by atoms with E-state index in [2.05, 4.69) is 4.98 Å². The summed E-state index contributed by atoms with van der Waals surface area (Å²) in [5, 5.41) is 1.14. The Kier molecular flexibility index (Phi) is 2.55. The largest absolute Gasteiger partial charge is 0.407 e. The highest BCUT2D eigenvalue weighted by atomic mass is 19.4. The number of hydrogen-bond donors (Lipinski definition) is 1. The average molecular weight is 226 g/mol. The van der Waals surface area contributed by atoms with Gasteiger partial charge in [0.25, 0.3) is 0 Å². The molecule has 0 aliphatic rings. The second-order valence-electron chi connectivity index (χ2n) is 3.46. The van der Waals surface area contributed by atoms with Crippen molar-refractivity contribution in [2.75, 3.05) is 0 Å². The van der Waals surface area contributed by atoms with Crippen LogP contribution in [0.15, 0.2) is 36.7 Å². The summed E-state index contributed by atoms with van der Waals surface area (Å²) in [6, 6.07) is 4.22. The van der Waals surface area contributed by atoms with Crippen molar-refractivity contribution in [1.29, 1.82) is 0 Å². The van der Waals surface area contributed by atoms with Gasteiger partial charge in [0.2, 0.25) is 0 Å². The first kappa shape index (κ1) is 10.9. The Morgan fingerprint density at radius 2 is 1.94 bits per heavy atom. The predicted octanol–water partition coefficient (Wildman–Crippen LogP) is 2.80. The number of rotatable bonds is 1. The smallest absolute Gasteiger partial charge is 0.316 e. The highest BCUT2D eigenvalue weighted by Gasteiger charge is 2.38. The number of benzene rings is 1. The van der Waals surface area contributed by atoms with Crippen LogP contribution in [0, 0.1) is 0 Å². The molecule has 0 unspecified atom stereocenters. The quantitative estimate of drug-likeness (QED) is 0.812. The minimum Gasteiger partial charge on any atom is -0.316 e. The van der Waals surface area contributed by atoms with Crippen molar-refractivity contribution >= 4 is 10.8 Å². The summed E-state index contributed by atoms with van der Waals surface area (Å²) in [5.74, 6) is 0. The fourth-order valence-corrected chi connectivity index (χ4v) is 1.60. The van der Waals surface area contributed by atoms with Crippen LogP contribution in [0.1, 0.15) is 11.6 Å². The zero-order valence-corrected chi connectivity index (χ0v) is 8.20. The minimum absolute atomic E-state index is 0.0763. The monoisotopic (exact) mass is 226 g/mol. The van der Waals surface area contributed by atoms with E-state index >= 15 is 0 Å². The Bertz CT molecular complexity index is 503. The second kappa shape index (κ2) is 3.75. The Labute approximate surface area is 89.9 Å². The molecule has 1 heterocycles. The molecule has 0 aliphatic carbocycles. The van der Waals surface area contributed by atoms with Gasteiger partial charge in [0, 0.05) is 17.8 Å². The number of aromatic nitrogens is 1. The van der Waals surface area contributed by atoms with Crippen LogP contribution in [0.2, 0.25) is 0 Å². The van der Waals surface area contributed by atoms with E-state index in [0.717, 1.165) is 0 Å². The van der Waals surface area contributed by atoms with Crippen LogP contribution in [0.4, 0.5) is 13.2 Å². The maximum atomic E-state index is 12.5. The number of pyridine rings is 1. The van der Waals surface area contributed by atoms with Gasteiger partial charge in [-0.05, 0) is 17.0 Å². The summed E-state index contributed by atoms with van der Waals surface area (Å²) >= 11 is 0. The molecule has 1 aromatic heterocycles. The van der Waals surface area contributed by atoms with Crippen LogP contribution in [-0.2, 0) is 0 Å². The Morgan fingerprint density at radius 3 is 2.62 bits per heavy atom. The van der Waals surface area contributed by atoms with E-state index in [-0.39, 0.29) is 5.56 Å². The van der Waals surface area contributed by atoms with Gasteiger partial charge in [-0.3, -0.25) is 4.98 Å². The van der Waals surface area contributed by atoms with Crippen molar-refractivity contribution in [3.05, 3.63) is 42.2 Å². The number of fused-ring (bicyclic) bond motifs is 1. The first-order valence-corrected chi connectivity index (χ1v) is 4.65. The molecule has 0 saturated heterocycles. The van der Waals surface area contributed by atoms with Crippen LogP contribution in [0.25, 0.3) is 10.8 Å². The molecule has 1 aromatic carbocycles. The minimum atomic E-state index is -4.43. The Hall–Kier alpha value is -1.62. The number of halogens is 3. The Morgan fingerprint density at radius 1 is 1.19 bits per heavy atom. The van der Waals surface area contributed by atoms with Crippen molar-refractivity contribution in [3.8, 4) is 0 Å². The lowest BCUT2D eigenvalue weighted by molar-refractivity contribution is -0.148. The third-order valence-corrected chi connectivity index (χ3v) is 2.40. The molecule has 0 amide bonds. The highest BCUT2D eigenvalue weighted by Crippen LogP contribution is 2.33. The molecular formula is C11H9F3N2. The molecule has 0 radical (unpaired) electrons. The van der Waals surface area contributed by atoms with Crippen molar-refractivity contribution in [1.82, 2.24) is 4.98 Å². The van der Waals surface area contributed by atoms with E-state index in [0.29, 0.717) is 10.8 Å². The fourth-order valence-electron chi connectivity index (χ4n) is 1.60. The number of alkyl halides is 3. The molecule has 1 atom stereocenters. The lowest BCUT2D eigenvalue weighted by atomic mass is 10.0. The van der Waals surface area contributed by atoms with Crippen molar-refractivity contribution in [2.24, 2.45) is 5.73 Å². The van der Waals surface area contributed by atoms with Crippen molar-refractivity contribution in [2.45, 2.75) is 12.2 Å². The van der Waals surface area contributed by atoms with Gasteiger partial charge in [-0.15, -0.1) is 0 Å². The van der Waals surface area contributed by atoms with Gasteiger partial charge in [-0.2, -0.15) is 13.2 Å². The van der Waals surface area contributed by atoms with Crippen molar-refractivity contribution < 1.29 is 13.2 Å². The average Bonchev–Trinajstić information content (AvgIpc) is 2.26. The molecule has 2 N–H and O–H groups in total. The molecule has 5 heteroatoms. The zero-order valence-electron chi connectivity index (χ0n) is 8.20. The summed E-state index contributed by atoms with van der Waals surface area (Å²) < 4.78 is 37.6. The van der Waals surface area contributed by atoms with Gasteiger partial charge in [0.1, 0.15) is 6.04 Å². The van der Waals surface area contributed by atoms with Crippen LogP contribution < -0.4 is 5.73 Å². The van der Waals surface area contributed by atoms with Gasteiger partial charge in [-0.1, -0.05) is 18.2 Å². The molecule has 0 bridgehead atoms. The standard InChI is InChI=1S/C11H9F3N2/c12-11(13,14)10(15)9-3-1-2-7-6-16-5-4-8(7)9/h1-6,10H,15H2/t10-/m0/s1. The SMILES string of the molecule is N[C@@H](c1cccc2cnccc12)C(F)(F)F. The van der Waals surface area contributed by atoms with Crippen molar-refractivity contribution in [3.63, 3.8) is 0 Å². The lowest BCUT2D eigenvalue weighted by Gasteiger charge is -2.17. The van der Waals surface area contributed by atoms with Gasteiger partial charge in [-0.25, -0.2) is 0 Å².